The molecule has 1 aromatic heterocycles. The highest BCUT2D eigenvalue weighted by Crippen LogP contribution is 2.23. The Morgan fingerprint density at radius 1 is 1.46 bits per heavy atom. The van der Waals surface area contributed by atoms with Crippen molar-refractivity contribution in [1.29, 1.82) is 0 Å². The Morgan fingerprint density at radius 3 is 2.54 bits per heavy atom. The van der Waals surface area contributed by atoms with Gasteiger partial charge in [-0.1, -0.05) is 20.8 Å². The predicted octanol–water partition coefficient (Wildman–Crippen LogP) is 2.47. The van der Waals surface area contributed by atoms with Crippen LogP contribution in [0.2, 0.25) is 0 Å². The maximum Gasteiger partial charge on any atom is 0.187 e. The standard InChI is InChI=1S/C9H11BrN2O/c1-9(2,3)8(13)7-6(10)4-11-5-12-7/h4-5H,1-3H3. The van der Waals surface area contributed by atoms with Crippen molar-refractivity contribution in [2.45, 2.75) is 20.8 Å². The number of rotatable bonds is 1. The number of carbonyl (C=O) groups is 1. The molecule has 0 saturated carbocycles. The molecule has 0 atom stereocenters. The lowest BCUT2D eigenvalue weighted by Crippen LogP contribution is -2.21. The Bertz CT molecular complexity index is 331. The van der Waals surface area contributed by atoms with Gasteiger partial charge in [0.05, 0.1) is 4.47 Å². The van der Waals surface area contributed by atoms with E-state index in [0.29, 0.717) is 10.2 Å². The highest BCUT2D eigenvalue weighted by atomic mass is 79.9. The first-order valence-corrected chi connectivity index (χ1v) is 4.72. The molecule has 0 fully saturated rings. The number of Topliss-reactive ketones (excluding diaryl/α,β-unsaturated/α-hetero) is 1. The van der Waals surface area contributed by atoms with E-state index in [2.05, 4.69) is 25.9 Å². The second kappa shape index (κ2) is 3.54. The Kier molecular flexibility index (Phi) is 2.81. The van der Waals surface area contributed by atoms with Crippen molar-refractivity contribution in [2.24, 2.45) is 5.41 Å². The summed E-state index contributed by atoms with van der Waals surface area (Å²) in [6.07, 6.45) is 2.95. The van der Waals surface area contributed by atoms with Gasteiger partial charge in [-0.05, 0) is 15.9 Å². The average Bonchev–Trinajstić information content (AvgIpc) is 2.02. The van der Waals surface area contributed by atoms with Gasteiger partial charge in [0.15, 0.2) is 5.78 Å². The van der Waals surface area contributed by atoms with E-state index in [1.54, 1.807) is 6.20 Å². The van der Waals surface area contributed by atoms with E-state index >= 15 is 0 Å². The molecule has 13 heavy (non-hydrogen) atoms. The Labute approximate surface area is 85.7 Å². The van der Waals surface area contributed by atoms with Crippen LogP contribution in [0.4, 0.5) is 0 Å². The van der Waals surface area contributed by atoms with Crippen molar-refractivity contribution >= 4 is 21.7 Å². The summed E-state index contributed by atoms with van der Waals surface area (Å²) in [6.45, 7) is 5.59. The summed E-state index contributed by atoms with van der Waals surface area (Å²) in [7, 11) is 0. The van der Waals surface area contributed by atoms with Crippen LogP contribution in [0.15, 0.2) is 17.0 Å². The van der Waals surface area contributed by atoms with E-state index in [1.807, 2.05) is 20.8 Å². The van der Waals surface area contributed by atoms with Crippen LogP contribution in [-0.2, 0) is 0 Å². The zero-order valence-electron chi connectivity index (χ0n) is 7.84. The predicted molar refractivity (Wildman–Crippen MR) is 53.5 cm³/mol. The first-order chi connectivity index (χ1) is 5.93. The Hall–Kier alpha value is -0.770. The van der Waals surface area contributed by atoms with Crippen LogP contribution in [0, 0.1) is 5.41 Å². The van der Waals surface area contributed by atoms with Crippen LogP contribution in [0.1, 0.15) is 31.3 Å². The zero-order chi connectivity index (χ0) is 10.1. The number of carbonyl (C=O) groups excluding carboxylic acids is 1. The molecular weight excluding hydrogens is 232 g/mol. The van der Waals surface area contributed by atoms with E-state index in [-0.39, 0.29) is 5.78 Å². The van der Waals surface area contributed by atoms with E-state index in [1.165, 1.54) is 6.33 Å². The summed E-state index contributed by atoms with van der Waals surface area (Å²) in [5.74, 6) is 0.0155. The molecule has 0 aliphatic rings. The summed E-state index contributed by atoms with van der Waals surface area (Å²) in [6, 6.07) is 0. The topological polar surface area (TPSA) is 42.9 Å². The van der Waals surface area contributed by atoms with Gasteiger partial charge in [0.25, 0.3) is 0 Å². The number of hydrogen-bond acceptors (Lipinski definition) is 3. The number of ketones is 1. The first kappa shape index (κ1) is 10.3. The van der Waals surface area contributed by atoms with E-state index < -0.39 is 5.41 Å². The van der Waals surface area contributed by atoms with Gasteiger partial charge >= 0.3 is 0 Å². The molecule has 0 radical (unpaired) electrons. The number of halogens is 1. The fourth-order valence-corrected chi connectivity index (χ4v) is 1.24. The molecular formula is C9H11BrN2O. The molecule has 1 aromatic rings. The van der Waals surface area contributed by atoms with Gasteiger partial charge in [-0.15, -0.1) is 0 Å². The molecule has 0 aromatic carbocycles. The lowest BCUT2D eigenvalue weighted by molar-refractivity contribution is 0.0852. The van der Waals surface area contributed by atoms with Crippen molar-refractivity contribution in [3.05, 3.63) is 22.7 Å². The minimum Gasteiger partial charge on any atom is -0.292 e. The van der Waals surface area contributed by atoms with Gasteiger partial charge in [0, 0.05) is 11.6 Å². The van der Waals surface area contributed by atoms with E-state index in [4.69, 9.17) is 0 Å². The van der Waals surface area contributed by atoms with Crippen LogP contribution in [0.25, 0.3) is 0 Å². The molecule has 1 heterocycles. The summed E-state index contributed by atoms with van der Waals surface area (Å²) in [5.41, 5.74) is 0.0409. The SMILES string of the molecule is CC(C)(C)C(=O)c1ncncc1Br. The molecule has 0 amide bonds. The van der Waals surface area contributed by atoms with Crippen LogP contribution in [0.3, 0.4) is 0 Å². The summed E-state index contributed by atoms with van der Waals surface area (Å²) in [4.78, 5) is 19.5. The lowest BCUT2D eigenvalue weighted by atomic mass is 9.89. The summed E-state index contributed by atoms with van der Waals surface area (Å²) >= 11 is 3.24. The molecule has 0 unspecified atom stereocenters. The summed E-state index contributed by atoms with van der Waals surface area (Å²) in [5, 5.41) is 0. The molecule has 70 valence electrons. The first-order valence-electron chi connectivity index (χ1n) is 3.93. The molecule has 3 nitrogen and oxygen atoms in total. The van der Waals surface area contributed by atoms with Crippen LogP contribution >= 0.6 is 15.9 Å². The van der Waals surface area contributed by atoms with Gasteiger partial charge in [0.1, 0.15) is 12.0 Å². The third kappa shape index (κ3) is 2.34. The molecule has 0 N–H and O–H groups in total. The fourth-order valence-electron chi connectivity index (χ4n) is 0.835. The molecule has 0 saturated heterocycles. The number of nitrogens with zero attached hydrogens (tertiary/aromatic N) is 2. The summed E-state index contributed by atoms with van der Waals surface area (Å²) < 4.78 is 0.648. The lowest BCUT2D eigenvalue weighted by Gasteiger charge is -2.15. The maximum absolute atomic E-state index is 11.8. The number of aromatic nitrogens is 2. The maximum atomic E-state index is 11.8. The van der Waals surface area contributed by atoms with Gasteiger partial charge in [0.2, 0.25) is 0 Å². The average molecular weight is 243 g/mol. The Morgan fingerprint density at radius 2 is 2.08 bits per heavy atom. The van der Waals surface area contributed by atoms with Crippen LogP contribution in [-0.4, -0.2) is 15.8 Å². The van der Waals surface area contributed by atoms with Crippen LogP contribution in [0.5, 0.6) is 0 Å². The van der Waals surface area contributed by atoms with Crippen LogP contribution < -0.4 is 0 Å². The molecule has 1 rings (SSSR count). The van der Waals surface area contributed by atoms with E-state index in [0.717, 1.165) is 0 Å². The molecule has 0 bridgehead atoms. The number of hydrogen-bond donors (Lipinski definition) is 0. The third-order valence-electron chi connectivity index (χ3n) is 1.56. The van der Waals surface area contributed by atoms with Crippen molar-refractivity contribution in [1.82, 2.24) is 9.97 Å². The van der Waals surface area contributed by atoms with E-state index in [9.17, 15) is 4.79 Å². The minimum absolute atomic E-state index is 0.0155. The normalized spacial score (nSPS) is 11.4. The molecule has 0 aliphatic heterocycles. The smallest absolute Gasteiger partial charge is 0.187 e. The van der Waals surface area contributed by atoms with Crippen molar-refractivity contribution in [3.8, 4) is 0 Å². The fraction of sp³-hybridized carbons (Fsp3) is 0.444. The van der Waals surface area contributed by atoms with Gasteiger partial charge < -0.3 is 0 Å². The van der Waals surface area contributed by atoms with Gasteiger partial charge in [-0.2, -0.15) is 0 Å². The minimum atomic E-state index is -0.406. The molecule has 0 aliphatic carbocycles. The van der Waals surface area contributed by atoms with Gasteiger partial charge in [-0.25, -0.2) is 9.97 Å². The third-order valence-corrected chi connectivity index (χ3v) is 2.14. The largest absolute Gasteiger partial charge is 0.292 e. The molecule has 4 heteroatoms. The van der Waals surface area contributed by atoms with Crippen molar-refractivity contribution < 1.29 is 4.79 Å². The van der Waals surface area contributed by atoms with Gasteiger partial charge in [-0.3, -0.25) is 4.79 Å². The highest BCUT2D eigenvalue weighted by Gasteiger charge is 2.25. The molecule has 0 spiro atoms. The quantitative estimate of drug-likeness (QED) is 0.711. The Balaban J connectivity index is 3.10. The second-order valence-corrected chi connectivity index (χ2v) is 4.65. The monoisotopic (exact) mass is 242 g/mol. The highest BCUT2D eigenvalue weighted by molar-refractivity contribution is 9.10. The second-order valence-electron chi connectivity index (χ2n) is 3.80. The zero-order valence-corrected chi connectivity index (χ0v) is 9.42. The van der Waals surface area contributed by atoms with Crippen molar-refractivity contribution in [3.63, 3.8) is 0 Å². The van der Waals surface area contributed by atoms with Crippen molar-refractivity contribution in [2.75, 3.05) is 0 Å².